The van der Waals surface area contributed by atoms with Gasteiger partial charge in [-0.05, 0) is 39.3 Å². The van der Waals surface area contributed by atoms with Gasteiger partial charge in [0.05, 0.1) is 17.6 Å². The van der Waals surface area contributed by atoms with Gasteiger partial charge in [-0.15, -0.1) is 0 Å². The van der Waals surface area contributed by atoms with Crippen molar-refractivity contribution < 1.29 is 34.0 Å². The highest BCUT2D eigenvalue weighted by molar-refractivity contribution is 5.92. The number of hydrogen-bond donors (Lipinski definition) is 2. The van der Waals surface area contributed by atoms with Crippen molar-refractivity contribution in [1.29, 1.82) is 0 Å². The van der Waals surface area contributed by atoms with Crippen LogP contribution in [0.15, 0.2) is 35.5 Å². The lowest BCUT2D eigenvalue weighted by Crippen LogP contribution is -2.44. The quantitative estimate of drug-likeness (QED) is 0.427. The fraction of sp³-hybridized carbons (Fsp3) is 0.600. The van der Waals surface area contributed by atoms with E-state index in [0.717, 1.165) is 0 Å². The largest absolute Gasteiger partial charge is 0.458 e. The maximum absolute atomic E-state index is 12.4. The topological polar surface area (TPSA) is 102 Å². The number of aliphatic hydroxyl groups is 2. The van der Waals surface area contributed by atoms with E-state index in [0.29, 0.717) is 11.1 Å². The normalized spacial score (nSPS) is 43.8. The van der Waals surface area contributed by atoms with Crippen LogP contribution in [0.2, 0.25) is 0 Å². The Balaban J connectivity index is 2.07. The molecule has 2 saturated heterocycles. The number of carbonyl (C=O) groups is 2. The highest BCUT2D eigenvalue weighted by Crippen LogP contribution is 2.48. The molecule has 3 aliphatic heterocycles. The third-order valence-corrected chi connectivity index (χ3v) is 5.89. The Hall–Kier alpha value is -1.96. The summed E-state index contributed by atoms with van der Waals surface area (Å²) >= 11 is 0. The highest BCUT2D eigenvalue weighted by atomic mass is 16.7. The standard InChI is InChI=1S/C20H26O7/c1-6-10(2)17(22)26-14-8-19(5)15(21)9-20(24,27-19)11(3)7-13-16(14)12(4)18(23)25-13/h6-7,13-16,21,24H,4,8-9H2,1-3,5H3/b10-6-,11-7-/t13-,14+,15-,16-,19?,20?/m0/s1. The van der Waals surface area contributed by atoms with Crippen LogP contribution in [0, 0.1) is 5.92 Å². The zero-order chi connectivity index (χ0) is 20.1. The average molecular weight is 378 g/mol. The molecule has 0 aromatic carbocycles. The molecule has 2 bridgehead atoms. The van der Waals surface area contributed by atoms with Gasteiger partial charge in [0.25, 0.3) is 0 Å². The van der Waals surface area contributed by atoms with Gasteiger partial charge in [-0.3, -0.25) is 0 Å². The first-order chi connectivity index (χ1) is 12.5. The minimum absolute atomic E-state index is 0.0212. The fourth-order valence-corrected chi connectivity index (χ4v) is 3.94. The number of esters is 2. The van der Waals surface area contributed by atoms with Crippen LogP contribution in [0.1, 0.15) is 40.5 Å². The summed E-state index contributed by atoms with van der Waals surface area (Å²) in [5, 5.41) is 21.4. The lowest BCUT2D eigenvalue weighted by Gasteiger charge is -2.34. The van der Waals surface area contributed by atoms with Crippen molar-refractivity contribution in [2.75, 3.05) is 0 Å². The van der Waals surface area contributed by atoms with Crippen LogP contribution in [0.25, 0.3) is 0 Å². The summed E-state index contributed by atoms with van der Waals surface area (Å²) in [6.07, 6.45) is 0.753. The van der Waals surface area contributed by atoms with Crippen LogP contribution in [0.4, 0.5) is 0 Å². The van der Waals surface area contributed by atoms with Gasteiger partial charge in [0.15, 0.2) is 5.79 Å². The maximum atomic E-state index is 12.4. The third kappa shape index (κ3) is 3.24. The van der Waals surface area contributed by atoms with E-state index in [1.807, 2.05) is 0 Å². The molecule has 3 heterocycles. The second-order valence-electron chi connectivity index (χ2n) is 7.81. The number of fused-ring (bicyclic) bond motifs is 3. The summed E-state index contributed by atoms with van der Waals surface area (Å²) < 4.78 is 17.0. The van der Waals surface area contributed by atoms with Gasteiger partial charge in [0.1, 0.15) is 12.2 Å². The van der Waals surface area contributed by atoms with Gasteiger partial charge in [0.2, 0.25) is 0 Å². The predicted octanol–water partition coefficient (Wildman–Crippen LogP) is 1.54. The molecule has 2 unspecified atom stereocenters. The van der Waals surface area contributed by atoms with Crippen LogP contribution < -0.4 is 0 Å². The first-order valence-corrected chi connectivity index (χ1v) is 9.04. The SMILES string of the molecule is C=C1C(=O)O[C@H]2/C=C(/C)C3(O)C[C@H](O)C(C)(C[C@@H](OC(=O)/C(C)=C\C)[C@@H]12)O3. The lowest BCUT2D eigenvalue weighted by atomic mass is 9.80. The average Bonchev–Trinajstić information content (AvgIpc) is 2.99. The predicted molar refractivity (Wildman–Crippen MR) is 95.3 cm³/mol. The molecule has 148 valence electrons. The van der Waals surface area contributed by atoms with E-state index in [1.165, 1.54) is 0 Å². The third-order valence-electron chi connectivity index (χ3n) is 5.89. The number of hydrogen-bond acceptors (Lipinski definition) is 7. The first-order valence-electron chi connectivity index (χ1n) is 9.04. The van der Waals surface area contributed by atoms with Crippen LogP contribution in [0.3, 0.4) is 0 Å². The maximum Gasteiger partial charge on any atom is 0.334 e. The van der Waals surface area contributed by atoms with E-state index < -0.39 is 47.6 Å². The molecule has 2 N–H and O–H groups in total. The van der Waals surface area contributed by atoms with Gasteiger partial charge in [-0.1, -0.05) is 12.7 Å². The van der Waals surface area contributed by atoms with E-state index in [9.17, 15) is 19.8 Å². The van der Waals surface area contributed by atoms with E-state index in [4.69, 9.17) is 14.2 Å². The molecule has 0 radical (unpaired) electrons. The summed E-state index contributed by atoms with van der Waals surface area (Å²) in [5.74, 6) is -3.39. The van der Waals surface area contributed by atoms with Gasteiger partial charge >= 0.3 is 11.9 Å². The van der Waals surface area contributed by atoms with Crippen molar-refractivity contribution >= 4 is 11.9 Å². The number of aliphatic hydroxyl groups excluding tert-OH is 1. The van der Waals surface area contributed by atoms with Crippen LogP contribution in [-0.2, 0) is 23.8 Å². The zero-order valence-corrected chi connectivity index (χ0v) is 16.0. The van der Waals surface area contributed by atoms with E-state index in [1.54, 1.807) is 39.8 Å². The number of ether oxygens (including phenoxy) is 3. The number of allylic oxidation sites excluding steroid dienone is 1. The molecule has 7 heteroatoms. The number of rotatable bonds is 2. The summed E-state index contributed by atoms with van der Waals surface area (Å²) in [6.45, 7) is 10.5. The highest BCUT2D eigenvalue weighted by Gasteiger charge is 2.58. The van der Waals surface area contributed by atoms with Crippen molar-refractivity contribution in [1.82, 2.24) is 0 Å². The molecular formula is C20H26O7. The Labute approximate surface area is 158 Å². The van der Waals surface area contributed by atoms with Crippen LogP contribution >= 0.6 is 0 Å². The summed E-state index contributed by atoms with van der Waals surface area (Å²) in [6, 6.07) is 0. The van der Waals surface area contributed by atoms with Crippen molar-refractivity contribution in [3.05, 3.63) is 35.5 Å². The fourth-order valence-electron chi connectivity index (χ4n) is 3.94. The Kier molecular flexibility index (Phi) is 4.82. The molecule has 0 aromatic heterocycles. The van der Waals surface area contributed by atoms with Gasteiger partial charge in [-0.2, -0.15) is 0 Å². The molecule has 6 atom stereocenters. The van der Waals surface area contributed by atoms with Crippen molar-refractivity contribution in [2.24, 2.45) is 5.92 Å². The zero-order valence-electron chi connectivity index (χ0n) is 16.0. The van der Waals surface area contributed by atoms with Crippen LogP contribution in [-0.4, -0.2) is 51.9 Å². The van der Waals surface area contributed by atoms with E-state index in [-0.39, 0.29) is 18.4 Å². The van der Waals surface area contributed by atoms with Crippen molar-refractivity contribution in [3.63, 3.8) is 0 Å². The van der Waals surface area contributed by atoms with Crippen molar-refractivity contribution in [3.8, 4) is 0 Å². The Bertz CT molecular complexity index is 751. The second-order valence-corrected chi connectivity index (χ2v) is 7.81. The monoisotopic (exact) mass is 378 g/mol. The molecule has 0 amide bonds. The molecule has 0 aromatic rings. The smallest absolute Gasteiger partial charge is 0.334 e. The van der Waals surface area contributed by atoms with E-state index >= 15 is 0 Å². The molecule has 0 saturated carbocycles. The molecule has 3 aliphatic rings. The number of carbonyl (C=O) groups excluding carboxylic acids is 2. The second kappa shape index (κ2) is 6.58. The summed E-state index contributed by atoms with van der Waals surface area (Å²) in [4.78, 5) is 24.5. The minimum atomic E-state index is -1.67. The van der Waals surface area contributed by atoms with E-state index in [2.05, 4.69) is 6.58 Å². The van der Waals surface area contributed by atoms with Gasteiger partial charge in [-0.25, -0.2) is 9.59 Å². The van der Waals surface area contributed by atoms with Gasteiger partial charge < -0.3 is 24.4 Å². The Morgan fingerprint density at radius 1 is 1.44 bits per heavy atom. The summed E-state index contributed by atoms with van der Waals surface area (Å²) in [7, 11) is 0. The van der Waals surface area contributed by atoms with Crippen LogP contribution in [0.5, 0.6) is 0 Å². The molecular weight excluding hydrogens is 352 g/mol. The molecule has 27 heavy (non-hydrogen) atoms. The molecule has 0 spiro atoms. The molecule has 3 rings (SSSR count). The van der Waals surface area contributed by atoms with Crippen molar-refractivity contribution in [2.45, 2.75) is 70.2 Å². The first kappa shape index (κ1) is 19.8. The molecule has 7 nitrogen and oxygen atoms in total. The molecule has 0 aliphatic carbocycles. The minimum Gasteiger partial charge on any atom is -0.458 e. The summed E-state index contributed by atoms with van der Waals surface area (Å²) in [5.41, 5.74) is -0.120. The lowest BCUT2D eigenvalue weighted by molar-refractivity contribution is -0.208. The molecule has 2 fully saturated rings. The Morgan fingerprint density at radius 3 is 2.74 bits per heavy atom. The van der Waals surface area contributed by atoms with Gasteiger partial charge in [0, 0.05) is 24.0 Å². The Morgan fingerprint density at radius 2 is 2.11 bits per heavy atom.